The van der Waals surface area contributed by atoms with E-state index in [4.69, 9.17) is 0 Å². The van der Waals surface area contributed by atoms with Gasteiger partial charge in [0.1, 0.15) is 0 Å². The zero-order valence-electron chi connectivity index (χ0n) is 10.1. The van der Waals surface area contributed by atoms with Gasteiger partial charge in [0, 0.05) is 6.04 Å². The van der Waals surface area contributed by atoms with Crippen LogP contribution in [-0.2, 0) is 0 Å². The van der Waals surface area contributed by atoms with Crippen molar-refractivity contribution in [1.82, 2.24) is 5.32 Å². The maximum absolute atomic E-state index is 4.25. The number of hydrogen-bond donors (Lipinski definition) is 1. The molecule has 2 atom stereocenters. The highest BCUT2D eigenvalue weighted by molar-refractivity contribution is 5.23. The van der Waals surface area contributed by atoms with Crippen LogP contribution in [0.5, 0.6) is 0 Å². The molecule has 0 spiro atoms. The van der Waals surface area contributed by atoms with Gasteiger partial charge in [0.15, 0.2) is 0 Å². The Balaban J connectivity index is 2.18. The van der Waals surface area contributed by atoms with E-state index in [1.807, 2.05) is 0 Å². The summed E-state index contributed by atoms with van der Waals surface area (Å²) in [6.07, 6.45) is 5.14. The third kappa shape index (κ3) is 2.35. The fourth-order valence-electron chi connectivity index (χ4n) is 2.77. The molecule has 0 bridgehead atoms. The summed E-state index contributed by atoms with van der Waals surface area (Å²) in [5, 5.41) is 3.46. The molecule has 0 saturated heterocycles. The van der Waals surface area contributed by atoms with Crippen molar-refractivity contribution in [2.75, 3.05) is 7.05 Å². The highest BCUT2D eigenvalue weighted by Crippen LogP contribution is 2.37. The maximum atomic E-state index is 4.25. The van der Waals surface area contributed by atoms with Gasteiger partial charge in [-0.2, -0.15) is 0 Å². The zero-order valence-corrected chi connectivity index (χ0v) is 10.1. The number of hydrogen-bond acceptors (Lipinski definition) is 1. The van der Waals surface area contributed by atoms with Crippen LogP contribution in [0.4, 0.5) is 0 Å². The number of rotatable bonds is 3. The van der Waals surface area contributed by atoms with E-state index in [1.54, 1.807) is 0 Å². The normalized spacial score (nSPS) is 23.1. The van der Waals surface area contributed by atoms with E-state index in [-0.39, 0.29) is 0 Å². The molecule has 1 nitrogen and oxygen atoms in total. The summed E-state index contributed by atoms with van der Waals surface area (Å²) in [4.78, 5) is 0. The standard InChI is InChI=1S/C15H21N/c1-12-8-6-7-11-14(12)15(16-2)13-9-4-3-5-10-13/h3-5,9-10,14-16H,1,6-8,11H2,2H3. The fraction of sp³-hybridized carbons (Fsp3) is 0.467. The average Bonchev–Trinajstić information content (AvgIpc) is 2.34. The van der Waals surface area contributed by atoms with Crippen molar-refractivity contribution in [2.45, 2.75) is 31.7 Å². The van der Waals surface area contributed by atoms with Crippen LogP contribution < -0.4 is 5.32 Å². The molecule has 86 valence electrons. The van der Waals surface area contributed by atoms with Crippen molar-refractivity contribution < 1.29 is 0 Å². The second-order valence-electron chi connectivity index (χ2n) is 4.69. The van der Waals surface area contributed by atoms with E-state index in [0.29, 0.717) is 12.0 Å². The second kappa shape index (κ2) is 5.31. The maximum Gasteiger partial charge on any atom is 0.0383 e. The molecule has 0 heterocycles. The lowest BCUT2D eigenvalue weighted by Crippen LogP contribution is -2.28. The van der Waals surface area contributed by atoms with Crippen molar-refractivity contribution >= 4 is 0 Å². The third-order valence-electron chi connectivity index (χ3n) is 3.66. The number of nitrogens with one attached hydrogen (secondary N) is 1. The molecule has 2 unspecified atom stereocenters. The predicted octanol–water partition coefficient (Wildman–Crippen LogP) is 3.69. The molecule has 1 fully saturated rings. The van der Waals surface area contributed by atoms with Crippen LogP contribution in [0.3, 0.4) is 0 Å². The van der Waals surface area contributed by atoms with E-state index >= 15 is 0 Å². The first-order valence-electron chi connectivity index (χ1n) is 6.23. The van der Waals surface area contributed by atoms with Crippen molar-refractivity contribution in [1.29, 1.82) is 0 Å². The summed E-state index contributed by atoms with van der Waals surface area (Å²) < 4.78 is 0. The van der Waals surface area contributed by atoms with Gasteiger partial charge >= 0.3 is 0 Å². The molecule has 0 aliphatic heterocycles. The monoisotopic (exact) mass is 215 g/mol. The van der Waals surface area contributed by atoms with Gasteiger partial charge < -0.3 is 5.32 Å². The summed E-state index contributed by atoms with van der Waals surface area (Å²) in [6.45, 7) is 4.25. The molecule has 2 rings (SSSR count). The smallest absolute Gasteiger partial charge is 0.0383 e. The van der Waals surface area contributed by atoms with Crippen LogP contribution in [0.2, 0.25) is 0 Å². The van der Waals surface area contributed by atoms with Gasteiger partial charge in [0.25, 0.3) is 0 Å². The highest BCUT2D eigenvalue weighted by atomic mass is 14.9. The lowest BCUT2D eigenvalue weighted by Gasteiger charge is -2.32. The minimum atomic E-state index is 0.439. The largest absolute Gasteiger partial charge is 0.312 e. The zero-order chi connectivity index (χ0) is 11.4. The average molecular weight is 215 g/mol. The van der Waals surface area contributed by atoms with Crippen molar-refractivity contribution in [2.24, 2.45) is 5.92 Å². The molecule has 1 aromatic rings. The minimum Gasteiger partial charge on any atom is -0.312 e. The van der Waals surface area contributed by atoms with Gasteiger partial charge in [0.2, 0.25) is 0 Å². The SMILES string of the molecule is C=C1CCCCC1C(NC)c1ccccc1. The Bertz CT molecular complexity index is 342. The fourth-order valence-corrected chi connectivity index (χ4v) is 2.77. The van der Waals surface area contributed by atoms with E-state index in [2.05, 4.69) is 49.3 Å². The highest BCUT2D eigenvalue weighted by Gasteiger charge is 2.26. The van der Waals surface area contributed by atoms with Gasteiger partial charge in [-0.3, -0.25) is 0 Å². The second-order valence-corrected chi connectivity index (χ2v) is 4.69. The van der Waals surface area contributed by atoms with E-state index in [0.717, 1.165) is 0 Å². The molecule has 1 N–H and O–H groups in total. The Kier molecular flexibility index (Phi) is 3.79. The molecule has 1 heteroatoms. The lowest BCUT2D eigenvalue weighted by molar-refractivity contribution is 0.356. The van der Waals surface area contributed by atoms with Crippen molar-refractivity contribution in [3.8, 4) is 0 Å². The van der Waals surface area contributed by atoms with Crippen molar-refractivity contribution in [3.63, 3.8) is 0 Å². The van der Waals surface area contributed by atoms with Crippen LogP contribution in [0.25, 0.3) is 0 Å². The summed E-state index contributed by atoms with van der Waals surface area (Å²) in [7, 11) is 2.06. The molecular weight excluding hydrogens is 194 g/mol. The Morgan fingerprint density at radius 1 is 1.25 bits per heavy atom. The topological polar surface area (TPSA) is 12.0 Å². The summed E-state index contributed by atoms with van der Waals surface area (Å²) >= 11 is 0. The Labute approximate surface area is 98.6 Å². The van der Waals surface area contributed by atoms with E-state index in [1.165, 1.54) is 36.8 Å². The summed E-state index contributed by atoms with van der Waals surface area (Å²) in [5.74, 6) is 0.612. The Morgan fingerprint density at radius 3 is 2.62 bits per heavy atom. The predicted molar refractivity (Wildman–Crippen MR) is 69.3 cm³/mol. The van der Waals surface area contributed by atoms with Gasteiger partial charge in [-0.1, -0.05) is 48.9 Å². The lowest BCUT2D eigenvalue weighted by atomic mass is 9.78. The first kappa shape index (κ1) is 11.4. The molecule has 16 heavy (non-hydrogen) atoms. The minimum absolute atomic E-state index is 0.439. The van der Waals surface area contributed by atoms with Crippen LogP contribution >= 0.6 is 0 Å². The van der Waals surface area contributed by atoms with Crippen molar-refractivity contribution in [3.05, 3.63) is 48.0 Å². The molecule has 1 saturated carbocycles. The number of benzene rings is 1. The summed E-state index contributed by atoms with van der Waals surface area (Å²) in [6, 6.07) is 11.2. The Hall–Kier alpha value is -1.08. The molecule has 1 aliphatic rings. The first-order valence-corrected chi connectivity index (χ1v) is 6.23. The van der Waals surface area contributed by atoms with Gasteiger partial charge in [-0.25, -0.2) is 0 Å². The molecule has 0 amide bonds. The van der Waals surface area contributed by atoms with Crippen LogP contribution in [-0.4, -0.2) is 7.05 Å². The van der Waals surface area contributed by atoms with Crippen LogP contribution in [0.15, 0.2) is 42.5 Å². The van der Waals surface area contributed by atoms with Crippen LogP contribution in [0, 0.1) is 5.92 Å². The molecule has 0 radical (unpaired) electrons. The molecular formula is C15H21N. The Morgan fingerprint density at radius 2 is 2.00 bits per heavy atom. The molecule has 1 aromatic carbocycles. The van der Waals surface area contributed by atoms with Gasteiger partial charge in [0.05, 0.1) is 0 Å². The molecule has 0 aromatic heterocycles. The third-order valence-corrected chi connectivity index (χ3v) is 3.66. The summed E-state index contributed by atoms with van der Waals surface area (Å²) in [5.41, 5.74) is 2.81. The van der Waals surface area contributed by atoms with Crippen LogP contribution in [0.1, 0.15) is 37.3 Å². The van der Waals surface area contributed by atoms with Gasteiger partial charge in [-0.05, 0) is 37.8 Å². The quantitative estimate of drug-likeness (QED) is 0.758. The van der Waals surface area contributed by atoms with E-state index in [9.17, 15) is 0 Å². The molecule has 1 aliphatic carbocycles. The first-order chi connectivity index (χ1) is 7.83. The van der Waals surface area contributed by atoms with Gasteiger partial charge in [-0.15, -0.1) is 0 Å². The van der Waals surface area contributed by atoms with E-state index < -0.39 is 0 Å².